The molecule has 0 aliphatic heterocycles. The van der Waals surface area contributed by atoms with E-state index in [1.807, 2.05) is 0 Å². The Morgan fingerprint density at radius 2 is 2.05 bits per heavy atom. The first-order chi connectivity index (χ1) is 9.29. The van der Waals surface area contributed by atoms with Crippen molar-refractivity contribution in [3.8, 4) is 5.75 Å². The van der Waals surface area contributed by atoms with Crippen molar-refractivity contribution in [2.24, 2.45) is 4.99 Å². The third-order valence-corrected chi connectivity index (χ3v) is 2.69. The molecule has 0 spiro atoms. The second-order valence-electron chi connectivity index (χ2n) is 4.32. The quantitative estimate of drug-likeness (QED) is 0.508. The largest absolute Gasteiger partial charge is 0.507 e. The number of rotatable bonds is 5. The smallest absolute Gasteiger partial charge is 0.420 e. The van der Waals surface area contributed by atoms with Crippen LogP contribution in [0.1, 0.15) is 18.1 Å². The van der Waals surface area contributed by atoms with Crippen LogP contribution in [0.4, 0.5) is 18.9 Å². The summed E-state index contributed by atoms with van der Waals surface area (Å²) in [4.78, 5) is 5.74. The van der Waals surface area contributed by atoms with Crippen LogP contribution in [0.5, 0.6) is 5.75 Å². The van der Waals surface area contributed by atoms with Gasteiger partial charge in [-0.25, -0.2) is 4.99 Å². The third-order valence-electron chi connectivity index (χ3n) is 2.69. The molecule has 1 aromatic rings. The lowest BCUT2D eigenvalue weighted by molar-refractivity contribution is -0.138. The van der Waals surface area contributed by atoms with Crippen LogP contribution in [0.2, 0.25) is 0 Å². The highest BCUT2D eigenvalue weighted by atomic mass is 19.4. The van der Waals surface area contributed by atoms with E-state index in [-0.39, 0.29) is 5.69 Å². The minimum Gasteiger partial charge on any atom is -0.507 e. The first kappa shape index (κ1) is 16.1. The van der Waals surface area contributed by atoms with Crippen molar-refractivity contribution in [2.75, 3.05) is 13.6 Å². The van der Waals surface area contributed by atoms with Crippen LogP contribution in [-0.2, 0) is 12.6 Å². The summed E-state index contributed by atoms with van der Waals surface area (Å²) in [7, 11) is 1.74. The molecule has 1 rings (SSSR count). The number of alkyl halides is 3. The third kappa shape index (κ3) is 4.01. The van der Waals surface area contributed by atoms with Gasteiger partial charge in [-0.05, 0) is 24.1 Å². The highest BCUT2D eigenvalue weighted by Gasteiger charge is 2.34. The second-order valence-corrected chi connectivity index (χ2v) is 4.32. The number of nitrogens with zero attached hydrogens (tertiary/aromatic N) is 2. The number of phenolic OH excluding ortho intramolecular Hbond substituents is 1. The van der Waals surface area contributed by atoms with E-state index in [1.165, 1.54) is 6.34 Å². The van der Waals surface area contributed by atoms with Crippen LogP contribution in [0, 0.1) is 0 Å². The monoisotopic (exact) mass is 286 g/mol. The van der Waals surface area contributed by atoms with E-state index in [9.17, 15) is 18.3 Å². The van der Waals surface area contributed by atoms with Gasteiger partial charge in [-0.1, -0.05) is 13.0 Å². The van der Waals surface area contributed by atoms with Crippen LogP contribution < -0.4 is 0 Å². The number of aryl methyl sites for hydroxylation is 1. The molecule has 0 bridgehead atoms. The van der Waals surface area contributed by atoms with Crippen molar-refractivity contribution < 1.29 is 18.3 Å². The molecule has 0 amide bonds. The highest BCUT2D eigenvalue weighted by Crippen LogP contribution is 2.39. The van der Waals surface area contributed by atoms with Crippen LogP contribution >= 0.6 is 0 Å². The molecular formula is C14H17F3N2O. The molecule has 110 valence electrons. The van der Waals surface area contributed by atoms with Crippen LogP contribution in [0.15, 0.2) is 29.8 Å². The fourth-order valence-corrected chi connectivity index (χ4v) is 1.66. The number of benzene rings is 1. The molecule has 6 heteroatoms. The fourth-order valence-electron chi connectivity index (χ4n) is 1.66. The summed E-state index contributed by atoms with van der Waals surface area (Å²) >= 11 is 0. The maximum Gasteiger partial charge on any atom is 0.420 e. The zero-order chi connectivity index (χ0) is 15.3. The SMILES string of the molecule is C=CCN(C)C=Nc1cc(C(F)(F)F)c(O)cc1CC. The van der Waals surface area contributed by atoms with Gasteiger partial charge in [0.25, 0.3) is 0 Å². The minimum atomic E-state index is -4.60. The maximum atomic E-state index is 12.7. The number of aliphatic imine (C=N–C) groups is 1. The van der Waals surface area contributed by atoms with E-state index in [1.54, 1.807) is 24.9 Å². The summed E-state index contributed by atoms with van der Waals surface area (Å²) in [6.07, 6.45) is -1.03. The molecule has 3 nitrogen and oxygen atoms in total. The Hall–Kier alpha value is -1.98. The van der Waals surface area contributed by atoms with Crippen LogP contribution in [0.25, 0.3) is 0 Å². The van der Waals surface area contributed by atoms with Crippen LogP contribution in [-0.4, -0.2) is 29.9 Å². The number of hydrogen-bond acceptors (Lipinski definition) is 2. The van der Waals surface area contributed by atoms with Gasteiger partial charge in [0.05, 0.1) is 17.6 Å². The number of hydrogen-bond donors (Lipinski definition) is 1. The predicted octanol–water partition coefficient (Wildman–Crippen LogP) is 3.75. The Kier molecular flexibility index (Phi) is 5.19. The average molecular weight is 286 g/mol. The number of phenols is 1. The van der Waals surface area contributed by atoms with Gasteiger partial charge < -0.3 is 10.0 Å². The molecular weight excluding hydrogens is 269 g/mol. The molecule has 0 fully saturated rings. The van der Waals surface area contributed by atoms with E-state index in [4.69, 9.17) is 0 Å². The summed E-state index contributed by atoms with van der Waals surface area (Å²) in [6, 6.07) is 1.98. The topological polar surface area (TPSA) is 35.8 Å². The average Bonchev–Trinajstić information content (AvgIpc) is 2.35. The molecule has 1 aromatic carbocycles. The van der Waals surface area contributed by atoms with Gasteiger partial charge in [0.1, 0.15) is 5.75 Å². The standard InChI is InChI=1S/C14H17F3N2O/c1-4-6-19(3)9-18-12-8-11(14(15,16)17)13(20)7-10(12)5-2/h4,7-9,20H,1,5-6H2,2-3H3. The van der Waals surface area contributed by atoms with Crippen molar-refractivity contribution in [3.63, 3.8) is 0 Å². The van der Waals surface area contributed by atoms with Gasteiger partial charge in [0.15, 0.2) is 0 Å². The summed E-state index contributed by atoms with van der Waals surface area (Å²) in [5.41, 5.74) is -0.319. The first-order valence-electron chi connectivity index (χ1n) is 6.08. The van der Waals surface area contributed by atoms with Crippen LogP contribution in [0.3, 0.4) is 0 Å². The maximum absolute atomic E-state index is 12.7. The molecule has 0 heterocycles. The Balaban J connectivity index is 3.20. The van der Waals surface area contributed by atoms with E-state index in [2.05, 4.69) is 11.6 Å². The fraction of sp³-hybridized carbons (Fsp3) is 0.357. The van der Waals surface area contributed by atoms with Crippen molar-refractivity contribution >= 4 is 12.0 Å². The van der Waals surface area contributed by atoms with Gasteiger partial charge in [0, 0.05) is 13.6 Å². The predicted molar refractivity (Wildman–Crippen MR) is 73.5 cm³/mol. The lowest BCUT2D eigenvalue weighted by Gasteiger charge is -2.13. The Bertz CT molecular complexity index is 510. The molecule has 0 atom stereocenters. The zero-order valence-corrected chi connectivity index (χ0v) is 11.4. The zero-order valence-electron chi connectivity index (χ0n) is 11.4. The lowest BCUT2D eigenvalue weighted by atomic mass is 10.1. The molecule has 0 radical (unpaired) electrons. The van der Waals surface area contributed by atoms with E-state index >= 15 is 0 Å². The molecule has 0 saturated heterocycles. The van der Waals surface area contributed by atoms with E-state index in [0.717, 1.165) is 12.1 Å². The molecule has 1 N–H and O–H groups in total. The lowest BCUT2D eigenvalue weighted by Crippen LogP contribution is -2.15. The van der Waals surface area contributed by atoms with Crippen molar-refractivity contribution in [2.45, 2.75) is 19.5 Å². The summed E-state index contributed by atoms with van der Waals surface area (Å²) < 4.78 is 38.2. The highest BCUT2D eigenvalue weighted by molar-refractivity contribution is 5.65. The van der Waals surface area contributed by atoms with E-state index < -0.39 is 17.5 Å². The Labute approximate surface area is 116 Å². The number of halogens is 3. The summed E-state index contributed by atoms with van der Waals surface area (Å²) in [5.74, 6) is -0.771. The van der Waals surface area contributed by atoms with Crippen molar-refractivity contribution in [1.82, 2.24) is 4.90 Å². The van der Waals surface area contributed by atoms with E-state index in [0.29, 0.717) is 18.5 Å². The molecule has 0 aliphatic carbocycles. The summed E-state index contributed by atoms with van der Waals surface area (Å²) in [6.45, 7) is 5.89. The van der Waals surface area contributed by atoms with Gasteiger partial charge in [-0.15, -0.1) is 6.58 Å². The van der Waals surface area contributed by atoms with Gasteiger partial charge >= 0.3 is 6.18 Å². The molecule has 20 heavy (non-hydrogen) atoms. The van der Waals surface area contributed by atoms with Gasteiger partial charge in [0.2, 0.25) is 0 Å². The van der Waals surface area contributed by atoms with Gasteiger partial charge in [-0.2, -0.15) is 13.2 Å². The molecule has 0 saturated carbocycles. The van der Waals surface area contributed by atoms with Gasteiger partial charge in [-0.3, -0.25) is 0 Å². The normalized spacial score (nSPS) is 11.8. The number of likely N-dealkylation sites (N-methyl/N-ethyl adjacent to an activating group) is 1. The van der Waals surface area contributed by atoms with Crippen molar-refractivity contribution in [3.05, 3.63) is 35.9 Å². The van der Waals surface area contributed by atoms with Crippen molar-refractivity contribution in [1.29, 1.82) is 0 Å². The molecule has 0 aliphatic rings. The Morgan fingerprint density at radius 3 is 2.55 bits per heavy atom. The minimum absolute atomic E-state index is 0.202. The second kappa shape index (κ2) is 6.45. The Morgan fingerprint density at radius 1 is 1.40 bits per heavy atom. The molecule has 0 aromatic heterocycles. The molecule has 0 unspecified atom stereocenters. The number of aromatic hydroxyl groups is 1. The summed E-state index contributed by atoms with van der Waals surface area (Å²) in [5, 5.41) is 9.45. The first-order valence-corrected chi connectivity index (χ1v) is 6.08.